The lowest BCUT2D eigenvalue weighted by molar-refractivity contribution is -0.126. The number of carbonyl (C=O) groups is 1. The van der Waals surface area contributed by atoms with Crippen molar-refractivity contribution in [1.82, 2.24) is 5.32 Å². The lowest BCUT2D eigenvalue weighted by Gasteiger charge is -2.29. The second-order valence-electron chi connectivity index (χ2n) is 8.49. The molecule has 0 saturated carbocycles. The summed E-state index contributed by atoms with van der Waals surface area (Å²) in [7, 11) is 0. The molecule has 0 heterocycles. The monoisotopic (exact) mass is 451 g/mol. The Morgan fingerprint density at radius 1 is 0.935 bits per heavy atom. The van der Waals surface area contributed by atoms with Crippen LogP contribution < -0.4 is 5.32 Å². The highest BCUT2D eigenvalue weighted by atomic mass is 35.5. The van der Waals surface area contributed by atoms with E-state index in [1.54, 1.807) is 0 Å². The predicted octanol–water partition coefficient (Wildman–Crippen LogP) is 6.63. The molecule has 0 aromatic heterocycles. The minimum atomic E-state index is -0.0125. The van der Waals surface area contributed by atoms with E-state index >= 15 is 0 Å². The van der Waals surface area contributed by atoms with Crippen molar-refractivity contribution in [1.29, 1.82) is 0 Å². The molecule has 1 aliphatic carbocycles. The van der Waals surface area contributed by atoms with E-state index in [2.05, 4.69) is 60.8 Å². The van der Waals surface area contributed by atoms with Gasteiger partial charge in [0, 0.05) is 27.9 Å². The summed E-state index contributed by atoms with van der Waals surface area (Å²) in [4.78, 5) is 13.2. The molecule has 2 nitrogen and oxygen atoms in total. The fraction of sp³-hybridized carbons (Fsp3) is 0.296. The van der Waals surface area contributed by atoms with Crippen molar-refractivity contribution in [2.75, 3.05) is 0 Å². The van der Waals surface area contributed by atoms with Crippen LogP contribution in [0.2, 0.25) is 10.0 Å². The molecule has 0 saturated heterocycles. The second-order valence-corrected chi connectivity index (χ2v) is 9.37. The first-order valence-corrected chi connectivity index (χ1v) is 11.6. The molecule has 3 aromatic rings. The average Bonchev–Trinajstić information content (AvgIpc) is 2.79. The molecular weight excluding hydrogens is 425 g/mol. The Hall–Kier alpha value is -2.29. The number of aryl methyl sites for hydroxylation is 1. The van der Waals surface area contributed by atoms with E-state index in [0.717, 1.165) is 30.7 Å². The smallest absolute Gasteiger partial charge is 0.223 e. The molecule has 3 atom stereocenters. The van der Waals surface area contributed by atoms with Crippen molar-refractivity contribution in [2.24, 2.45) is 5.92 Å². The Balaban J connectivity index is 1.50. The first kappa shape index (κ1) is 21.9. The Kier molecular flexibility index (Phi) is 6.99. The highest BCUT2D eigenvalue weighted by Crippen LogP contribution is 2.29. The molecule has 160 valence electrons. The predicted molar refractivity (Wildman–Crippen MR) is 129 cm³/mol. The zero-order chi connectivity index (χ0) is 21.8. The lowest BCUT2D eigenvalue weighted by Crippen LogP contribution is -2.42. The van der Waals surface area contributed by atoms with Crippen LogP contribution in [0.15, 0.2) is 72.8 Å². The number of rotatable bonds is 6. The molecule has 1 aliphatic rings. The number of nitrogens with one attached hydrogen (secondary N) is 1. The van der Waals surface area contributed by atoms with Gasteiger partial charge in [-0.1, -0.05) is 71.7 Å². The number of amides is 1. The van der Waals surface area contributed by atoms with Crippen LogP contribution in [0.5, 0.6) is 0 Å². The number of hydrogen-bond acceptors (Lipinski definition) is 1. The standard InChI is InChI=1S/C27H27Cl2NO/c1-18(30-27(31)23-9-8-20-4-2-3-5-22(20)17-23)26(21-10-14-25(29)15-11-21)16-19-6-12-24(28)13-7-19/h2-7,10-15,18,23,26H,8-9,16-17H2,1H3,(H,30,31). The fourth-order valence-electron chi connectivity index (χ4n) is 4.53. The van der Waals surface area contributed by atoms with E-state index in [-0.39, 0.29) is 23.8 Å². The van der Waals surface area contributed by atoms with Crippen LogP contribution in [0.1, 0.15) is 41.5 Å². The van der Waals surface area contributed by atoms with Gasteiger partial charge in [0.1, 0.15) is 0 Å². The normalized spacial score (nSPS) is 17.5. The van der Waals surface area contributed by atoms with Crippen LogP contribution >= 0.6 is 23.2 Å². The molecular formula is C27H27Cl2NO. The van der Waals surface area contributed by atoms with E-state index in [4.69, 9.17) is 23.2 Å². The Morgan fingerprint density at radius 3 is 2.23 bits per heavy atom. The van der Waals surface area contributed by atoms with Gasteiger partial charge in [-0.2, -0.15) is 0 Å². The van der Waals surface area contributed by atoms with Crippen LogP contribution in [-0.4, -0.2) is 11.9 Å². The van der Waals surface area contributed by atoms with Crippen molar-refractivity contribution in [2.45, 2.75) is 44.6 Å². The summed E-state index contributed by atoms with van der Waals surface area (Å²) in [6, 6.07) is 24.3. The Morgan fingerprint density at radius 2 is 1.55 bits per heavy atom. The van der Waals surface area contributed by atoms with Gasteiger partial charge in [-0.05, 0) is 79.1 Å². The van der Waals surface area contributed by atoms with Crippen LogP contribution in [-0.2, 0) is 24.1 Å². The third kappa shape index (κ3) is 5.50. The van der Waals surface area contributed by atoms with Gasteiger partial charge >= 0.3 is 0 Å². The van der Waals surface area contributed by atoms with E-state index in [1.807, 2.05) is 24.3 Å². The van der Waals surface area contributed by atoms with Crippen LogP contribution in [0, 0.1) is 5.92 Å². The number of halogens is 2. The largest absolute Gasteiger partial charge is 0.353 e. The van der Waals surface area contributed by atoms with Gasteiger partial charge in [0.05, 0.1) is 0 Å². The summed E-state index contributed by atoms with van der Waals surface area (Å²) in [5.41, 5.74) is 5.04. The maximum atomic E-state index is 13.2. The molecule has 31 heavy (non-hydrogen) atoms. The van der Waals surface area contributed by atoms with Gasteiger partial charge in [-0.3, -0.25) is 4.79 Å². The Bertz CT molecular complexity index is 1030. The number of fused-ring (bicyclic) bond motifs is 1. The van der Waals surface area contributed by atoms with Gasteiger partial charge < -0.3 is 5.32 Å². The SMILES string of the molecule is CC(NC(=O)C1CCc2ccccc2C1)C(Cc1ccc(Cl)cc1)c1ccc(Cl)cc1. The van der Waals surface area contributed by atoms with E-state index in [0.29, 0.717) is 5.02 Å². The number of hydrogen-bond donors (Lipinski definition) is 1. The molecule has 1 N–H and O–H groups in total. The first-order valence-electron chi connectivity index (χ1n) is 10.9. The first-order chi connectivity index (χ1) is 15.0. The summed E-state index contributed by atoms with van der Waals surface area (Å²) < 4.78 is 0. The molecule has 4 heteroatoms. The summed E-state index contributed by atoms with van der Waals surface area (Å²) in [5, 5.41) is 4.77. The molecule has 4 rings (SSSR count). The van der Waals surface area contributed by atoms with Gasteiger partial charge in [0.2, 0.25) is 5.91 Å². The van der Waals surface area contributed by atoms with Crippen molar-refractivity contribution >= 4 is 29.1 Å². The zero-order valence-electron chi connectivity index (χ0n) is 17.7. The highest BCUT2D eigenvalue weighted by molar-refractivity contribution is 6.30. The Labute approximate surface area is 194 Å². The minimum absolute atomic E-state index is 0.0125. The van der Waals surface area contributed by atoms with Crippen molar-refractivity contribution in [3.63, 3.8) is 0 Å². The highest BCUT2D eigenvalue weighted by Gasteiger charge is 2.28. The average molecular weight is 452 g/mol. The van der Waals surface area contributed by atoms with Crippen LogP contribution in [0.4, 0.5) is 0 Å². The van der Waals surface area contributed by atoms with Gasteiger partial charge in [-0.25, -0.2) is 0 Å². The van der Waals surface area contributed by atoms with Gasteiger partial charge in [0.25, 0.3) is 0 Å². The topological polar surface area (TPSA) is 29.1 Å². The maximum absolute atomic E-state index is 13.2. The van der Waals surface area contributed by atoms with Crippen LogP contribution in [0.3, 0.4) is 0 Å². The summed E-state index contributed by atoms with van der Waals surface area (Å²) in [6.45, 7) is 2.10. The summed E-state index contributed by atoms with van der Waals surface area (Å²) >= 11 is 12.2. The molecule has 0 fully saturated rings. The summed E-state index contributed by atoms with van der Waals surface area (Å²) in [5.74, 6) is 0.314. The van der Waals surface area contributed by atoms with Crippen molar-refractivity contribution < 1.29 is 4.79 Å². The second kappa shape index (κ2) is 9.89. The molecule has 1 amide bonds. The van der Waals surface area contributed by atoms with E-state index in [1.165, 1.54) is 22.3 Å². The zero-order valence-corrected chi connectivity index (χ0v) is 19.2. The quantitative estimate of drug-likeness (QED) is 0.447. The fourth-order valence-corrected chi connectivity index (χ4v) is 4.78. The van der Waals surface area contributed by atoms with Gasteiger partial charge in [-0.15, -0.1) is 0 Å². The van der Waals surface area contributed by atoms with Crippen LogP contribution in [0.25, 0.3) is 0 Å². The third-order valence-electron chi connectivity index (χ3n) is 6.36. The molecule has 3 unspecified atom stereocenters. The number of carbonyl (C=O) groups excluding carboxylic acids is 1. The lowest BCUT2D eigenvalue weighted by atomic mass is 9.82. The molecule has 0 spiro atoms. The number of benzene rings is 3. The van der Waals surface area contributed by atoms with E-state index in [9.17, 15) is 4.79 Å². The van der Waals surface area contributed by atoms with Crippen molar-refractivity contribution in [3.8, 4) is 0 Å². The minimum Gasteiger partial charge on any atom is -0.353 e. The van der Waals surface area contributed by atoms with E-state index < -0.39 is 0 Å². The molecule has 0 aliphatic heterocycles. The summed E-state index contributed by atoms with van der Waals surface area (Å²) in [6.07, 6.45) is 3.50. The molecule has 3 aromatic carbocycles. The molecule has 0 radical (unpaired) electrons. The maximum Gasteiger partial charge on any atom is 0.223 e. The van der Waals surface area contributed by atoms with Crippen molar-refractivity contribution in [3.05, 3.63) is 105 Å². The molecule has 0 bridgehead atoms. The van der Waals surface area contributed by atoms with Gasteiger partial charge in [0.15, 0.2) is 0 Å². The third-order valence-corrected chi connectivity index (χ3v) is 6.86.